The second kappa shape index (κ2) is 5.80. The Hall–Kier alpha value is -1.26. The first kappa shape index (κ1) is 14.2. The monoisotopic (exact) mass is 282 g/mol. The van der Waals surface area contributed by atoms with Crippen LogP contribution in [0.3, 0.4) is 0 Å². The molecule has 0 unspecified atom stereocenters. The van der Waals surface area contributed by atoms with Crippen molar-refractivity contribution in [2.75, 3.05) is 20.2 Å². The molecule has 1 aliphatic rings. The molecule has 0 bridgehead atoms. The molecule has 1 heterocycles. The minimum atomic E-state index is -0.160. The molecule has 4 nitrogen and oxygen atoms in total. The molecule has 0 aliphatic carbocycles. The van der Waals surface area contributed by atoms with Crippen molar-refractivity contribution < 1.29 is 9.53 Å². The Labute approximate surface area is 118 Å². The standard InChI is InChI=1S/C14H19ClN2O2/c1-14(5-7-16-8-6-14)17-13(18)11-4-3-10(15)9-12(11)19-2/h3-4,9,16H,5-8H2,1-2H3,(H,17,18). The summed E-state index contributed by atoms with van der Waals surface area (Å²) in [5, 5.41) is 6.95. The largest absolute Gasteiger partial charge is 0.496 e. The summed E-state index contributed by atoms with van der Waals surface area (Å²) in [5.41, 5.74) is 0.360. The summed E-state index contributed by atoms with van der Waals surface area (Å²) in [4.78, 5) is 12.4. The van der Waals surface area contributed by atoms with Crippen molar-refractivity contribution in [1.82, 2.24) is 10.6 Å². The lowest BCUT2D eigenvalue weighted by molar-refractivity contribution is 0.0884. The average Bonchev–Trinajstić information content (AvgIpc) is 2.38. The SMILES string of the molecule is COc1cc(Cl)ccc1C(=O)NC1(C)CCNCC1. The first-order valence-electron chi connectivity index (χ1n) is 6.41. The first-order valence-corrected chi connectivity index (χ1v) is 6.79. The van der Waals surface area contributed by atoms with Crippen LogP contribution < -0.4 is 15.4 Å². The summed E-state index contributed by atoms with van der Waals surface area (Å²) in [6, 6.07) is 5.05. The zero-order valence-corrected chi connectivity index (χ0v) is 12.0. The Bertz CT molecular complexity index is 471. The number of hydrogen-bond donors (Lipinski definition) is 2. The highest BCUT2D eigenvalue weighted by atomic mass is 35.5. The highest BCUT2D eigenvalue weighted by Crippen LogP contribution is 2.25. The number of rotatable bonds is 3. The number of hydrogen-bond acceptors (Lipinski definition) is 3. The van der Waals surface area contributed by atoms with E-state index in [1.165, 1.54) is 7.11 Å². The Morgan fingerprint density at radius 3 is 2.74 bits per heavy atom. The molecule has 1 aromatic carbocycles. The molecule has 1 saturated heterocycles. The maximum Gasteiger partial charge on any atom is 0.255 e. The molecule has 5 heteroatoms. The number of carbonyl (C=O) groups is 1. The van der Waals surface area contributed by atoms with Crippen molar-refractivity contribution in [2.45, 2.75) is 25.3 Å². The van der Waals surface area contributed by atoms with Crippen LogP contribution >= 0.6 is 11.6 Å². The van der Waals surface area contributed by atoms with Gasteiger partial charge in [0, 0.05) is 10.6 Å². The number of amides is 1. The molecule has 2 N–H and O–H groups in total. The minimum absolute atomic E-state index is 0.113. The fourth-order valence-corrected chi connectivity index (χ4v) is 2.46. The van der Waals surface area contributed by atoms with Crippen molar-refractivity contribution in [2.24, 2.45) is 0 Å². The molecule has 1 aliphatic heterocycles. The Balaban J connectivity index is 2.15. The predicted octanol–water partition coefficient (Wildman–Crippen LogP) is 2.22. The van der Waals surface area contributed by atoms with Crippen LogP contribution in [0.5, 0.6) is 5.75 Å². The lowest BCUT2D eigenvalue weighted by Crippen LogP contribution is -2.52. The lowest BCUT2D eigenvalue weighted by atomic mass is 9.90. The maximum absolute atomic E-state index is 12.4. The van der Waals surface area contributed by atoms with Gasteiger partial charge in [0.15, 0.2) is 0 Å². The van der Waals surface area contributed by atoms with Gasteiger partial charge in [0.05, 0.1) is 12.7 Å². The maximum atomic E-state index is 12.4. The summed E-state index contributed by atoms with van der Waals surface area (Å²) in [5.74, 6) is 0.389. The van der Waals surface area contributed by atoms with Gasteiger partial charge in [-0.3, -0.25) is 4.79 Å². The van der Waals surface area contributed by atoms with E-state index in [4.69, 9.17) is 16.3 Å². The molecule has 0 saturated carbocycles. The molecule has 1 fully saturated rings. The second-order valence-corrected chi connectivity index (χ2v) is 5.55. The summed E-state index contributed by atoms with van der Waals surface area (Å²) >= 11 is 5.90. The molecule has 0 atom stereocenters. The van der Waals surface area contributed by atoms with Crippen LogP contribution in [-0.2, 0) is 0 Å². The van der Waals surface area contributed by atoms with Gasteiger partial charge in [-0.25, -0.2) is 0 Å². The average molecular weight is 283 g/mol. The van der Waals surface area contributed by atoms with E-state index in [2.05, 4.69) is 17.6 Å². The van der Waals surface area contributed by atoms with Crippen LogP contribution in [0, 0.1) is 0 Å². The van der Waals surface area contributed by atoms with E-state index in [1.807, 2.05) is 0 Å². The third kappa shape index (κ3) is 3.39. The van der Waals surface area contributed by atoms with Crippen molar-refractivity contribution in [3.8, 4) is 5.75 Å². The molecule has 104 valence electrons. The van der Waals surface area contributed by atoms with Crippen LogP contribution in [0.4, 0.5) is 0 Å². The molecule has 0 spiro atoms. The smallest absolute Gasteiger partial charge is 0.255 e. The first-order chi connectivity index (χ1) is 9.04. The zero-order valence-electron chi connectivity index (χ0n) is 11.3. The Morgan fingerprint density at radius 1 is 1.42 bits per heavy atom. The number of benzene rings is 1. The third-order valence-corrected chi connectivity index (χ3v) is 3.77. The van der Waals surface area contributed by atoms with Crippen LogP contribution in [0.15, 0.2) is 18.2 Å². The molecule has 19 heavy (non-hydrogen) atoms. The molecule has 1 amide bonds. The van der Waals surface area contributed by atoms with Gasteiger partial charge in [0.1, 0.15) is 5.75 Å². The van der Waals surface area contributed by atoms with E-state index in [0.717, 1.165) is 25.9 Å². The summed E-state index contributed by atoms with van der Waals surface area (Å²) in [6.45, 7) is 3.93. The number of piperidine rings is 1. The molecule has 2 rings (SSSR count). The van der Waals surface area contributed by atoms with E-state index in [-0.39, 0.29) is 11.4 Å². The van der Waals surface area contributed by atoms with Crippen LogP contribution in [0.1, 0.15) is 30.1 Å². The molecular weight excluding hydrogens is 264 g/mol. The summed E-state index contributed by atoms with van der Waals surface area (Å²) in [6.07, 6.45) is 1.85. The van der Waals surface area contributed by atoms with Gasteiger partial charge < -0.3 is 15.4 Å². The lowest BCUT2D eigenvalue weighted by Gasteiger charge is -2.35. The molecule has 1 aromatic rings. The molecule has 0 radical (unpaired) electrons. The van der Waals surface area contributed by atoms with Gasteiger partial charge >= 0.3 is 0 Å². The highest BCUT2D eigenvalue weighted by molar-refractivity contribution is 6.30. The summed E-state index contributed by atoms with van der Waals surface area (Å²) in [7, 11) is 1.54. The topological polar surface area (TPSA) is 50.4 Å². The quantitative estimate of drug-likeness (QED) is 0.894. The minimum Gasteiger partial charge on any atom is -0.496 e. The Morgan fingerprint density at radius 2 is 2.11 bits per heavy atom. The number of halogens is 1. The van der Waals surface area contributed by atoms with Gasteiger partial charge in [0.25, 0.3) is 5.91 Å². The summed E-state index contributed by atoms with van der Waals surface area (Å²) < 4.78 is 5.21. The second-order valence-electron chi connectivity index (χ2n) is 5.11. The van der Waals surface area contributed by atoms with Crippen LogP contribution in [-0.4, -0.2) is 31.6 Å². The molecule has 0 aromatic heterocycles. The van der Waals surface area contributed by atoms with E-state index in [9.17, 15) is 4.79 Å². The van der Waals surface area contributed by atoms with E-state index < -0.39 is 0 Å². The van der Waals surface area contributed by atoms with Crippen LogP contribution in [0.2, 0.25) is 5.02 Å². The number of ether oxygens (including phenoxy) is 1. The van der Waals surface area contributed by atoms with Crippen LogP contribution in [0.25, 0.3) is 0 Å². The van der Waals surface area contributed by atoms with Gasteiger partial charge in [-0.1, -0.05) is 11.6 Å². The number of carbonyl (C=O) groups excluding carboxylic acids is 1. The van der Waals surface area contributed by atoms with E-state index in [1.54, 1.807) is 18.2 Å². The number of methoxy groups -OCH3 is 1. The fourth-order valence-electron chi connectivity index (χ4n) is 2.30. The predicted molar refractivity (Wildman–Crippen MR) is 76.0 cm³/mol. The zero-order chi connectivity index (χ0) is 13.9. The normalized spacial score (nSPS) is 17.8. The van der Waals surface area contributed by atoms with Crippen molar-refractivity contribution in [3.63, 3.8) is 0 Å². The van der Waals surface area contributed by atoms with Crippen molar-refractivity contribution in [3.05, 3.63) is 28.8 Å². The highest BCUT2D eigenvalue weighted by Gasteiger charge is 2.29. The van der Waals surface area contributed by atoms with Crippen molar-refractivity contribution in [1.29, 1.82) is 0 Å². The van der Waals surface area contributed by atoms with Gasteiger partial charge in [-0.05, 0) is 51.1 Å². The number of nitrogens with one attached hydrogen (secondary N) is 2. The third-order valence-electron chi connectivity index (χ3n) is 3.53. The van der Waals surface area contributed by atoms with Gasteiger partial charge in [0.2, 0.25) is 0 Å². The van der Waals surface area contributed by atoms with Gasteiger partial charge in [-0.15, -0.1) is 0 Å². The molecular formula is C14H19ClN2O2. The fraction of sp³-hybridized carbons (Fsp3) is 0.500. The van der Waals surface area contributed by atoms with Crippen molar-refractivity contribution >= 4 is 17.5 Å². The van der Waals surface area contributed by atoms with Gasteiger partial charge in [-0.2, -0.15) is 0 Å². The van der Waals surface area contributed by atoms with E-state index >= 15 is 0 Å². The Kier molecular flexibility index (Phi) is 4.32. The van der Waals surface area contributed by atoms with E-state index in [0.29, 0.717) is 16.3 Å².